The van der Waals surface area contributed by atoms with Gasteiger partial charge in [0, 0.05) is 36.2 Å². The predicted molar refractivity (Wildman–Crippen MR) is 77.5 cm³/mol. The van der Waals surface area contributed by atoms with Gasteiger partial charge in [-0.15, -0.1) is 0 Å². The smallest absolute Gasteiger partial charge is 0.128 e. The molecule has 19 heavy (non-hydrogen) atoms. The molecule has 4 nitrogen and oxygen atoms in total. The number of benzene rings is 1. The average molecular weight is 277 g/mol. The lowest BCUT2D eigenvalue weighted by Gasteiger charge is -2.30. The Bertz CT molecular complexity index is 579. The van der Waals surface area contributed by atoms with E-state index < -0.39 is 0 Å². The van der Waals surface area contributed by atoms with E-state index in [1.54, 1.807) is 0 Å². The Hall–Kier alpha value is -1.52. The van der Waals surface area contributed by atoms with E-state index >= 15 is 0 Å². The predicted octanol–water partition coefficient (Wildman–Crippen LogP) is 2.06. The number of nitrogens with zero attached hydrogens (tertiary/aromatic N) is 3. The molecule has 0 saturated carbocycles. The lowest BCUT2D eigenvalue weighted by molar-refractivity contribution is 0.560. The van der Waals surface area contributed by atoms with Gasteiger partial charge >= 0.3 is 0 Å². The Morgan fingerprint density at radius 1 is 1.32 bits per heavy atom. The number of imidazole rings is 1. The van der Waals surface area contributed by atoms with E-state index in [9.17, 15) is 0 Å². The Morgan fingerprint density at radius 2 is 2.21 bits per heavy atom. The first-order valence-corrected chi connectivity index (χ1v) is 6.89. The molecule has 2 N–H and O–H groups in total. The summed E-state index contributed by atoms with van der Waals surface area (Å²) in [5, 5.41) is 0.803. The second-order valence-electron chi connectivity index (χ2n) is 4.77. The standard InChI is InChI=1S/C14H17ClN4/c15-13-9-12(2-1-11(13)3-4-16)19-8-7-18-6-5-17-14(18)10-19/h1-2,5-6,9H,3-4,7-8,10,16H2. The second kappa shape index (κ2) is 5.23. The van der Waals surface area contributed by atoms with Crippen molar-refractivity contribution in [3.8, 4) is 0 Å². The van der Waals surface area contributed by atoms with E-state index in [4.69, 9.17) is 17.3 Å². The van der Waals surface area contributed by atoms with Crippen LogP contribution >= 0.6 is 11.6 Å². The zero-order valence-corrected chi connectivity index (χ0v) is 11.5. The molecule has 1 aliphatic heterocycles. The van der Waals surface area contributed by atoms with E-state index in [0.717, 1.165) is 48.2 Å². The topological polar surface area (TPSA) is 47.1 Å². The maximum Gasteiger partial charge on any atom is 0.128 e. The minimum absolute atomic E-state index is 0.625. The van der Waals surface area contributed by atoms with Gasteiger partial charge in [-0.2, -0.15) is 0 Å². The normalized spacial score (nSPS) is 14.5. The van der Waals surface area contributed by atoms with E-state index in [-0.39, 0.29) is 0 Å². The molecule has 0 bridgehead atoms. The molecule has 0 spiro atoms. The summed E-state index contributed by atoms with van der Waals surface area (Å²) in [6, 6.07) is 6.23. The third-order valence-corrected chi connectivity index (χ3v) is 3.91. The zero-order chi connectivity index (χ0) is 13.2. The van der Waals surface area contributed by atoms with Gasteiger partial charge in [0.25, 0.3) is 0 Å². The van der Waals surface area contributed by atoms with Crippen LogP contribution in [-0.4, -0.2) is 22.6 Å². The van der Waals surface area contributed by atoms with Crippen molar-refractivity contribution in [3.63, 3.8) is 0 Å². The quantitative estimate of drug-likeness (QED) is 0.933. The molecule has 1 aromatic carbocycles. The highest BCUT2D eigenvalue weighted by atomic mass is 35.5. The average Bonchev–Trinajstić information content (AvgIpc) is 2.88. The molecule has 2 aromatic rings. The summed E-state index contributed by atoms with van der Waals surface area (Å²) in [4.78, 5) is 6.68. The highest BCUT2D eigenvalue weighted by Crippen LogP contribution is 2.26. The van der Waals surface area contributed by atoms with Crippen LogP contribution < -0.4 is 10.6 Å². The van der Waals surface area contributed by atoms with Crippen LogP contribution in [0, 0.1) is 0 Å². The number of hydrogen-bond donors (Lipinski definition) is 1. The molecule has 3 rings (SSSR count). The maximum absolute atomic E-state index is 6.30. The van der Waals surface area contributed by atoms with Crippen LogP contribution in [0.1, 0.15) is 11.4 Å². The Morgan fingerprint density at radius 3 is 3.00 bits per heavy atom. The number of anilines is 1. The molecule has 0 aliphatic carbocycles. The number of hydrogen-bond acceptors (Lipinski definition) is 3. The van der Waals surface area contributed by atoms with Crippen molar-refractivity contribution in [1.29, 1.82) is 0 Å². The fourth-order valence-corrected chi connectivity index (χ4v) is 2.75. The molecule has 2 heterocycles. The van der Waals surface area contributed by atoms with Crippen molar-refractivity contribution in [2.24, 2.45) is 5.73 Å². The lowest BCUT2D eigenvalue weighted by atomic mass is 10.1. The Kier molecular flexibility index (Phi) is 3.44. The van der Waals surface area contributed by atoms with E-state index in [2.05, 4.69) is 26.6 Å². The van der Waals surface area contributed by atoms with Crippen molar-refractivity contribution in [3.05, 3.63) is 47.0 Å². The summed E-state index contributed by atoms with van der Waals surface area (Å²) in [7, 11) is 0. The van der Waals surface area contributed by atoms with Crippen LogP contribution in [0.5, 0.6) is 0 Å². The molecule has 1 aliphatic rings. The van der Waals surface area contributed by atoms with Gasteiger partial charge in [-0.05, 0) is 30.7 Å². The third kappa shape index (κ3) is 2.46. The number of nitrogens with two attached hydrogens (primary N) is 1. The van der Waals surface area contributed by atoms with Gasteiger partial charge in [-0.25, -0.2) is 4.98 Å². The highest BCUT2D eigenvalue weighted by Gasteiger charge is 2.17. The zero-order valence-electron chi connectivity index (χ0n) is 10.7. The van der Waals surface area contributed by atoms with Crippen molar-refractivity contribution < 1.29 is 0 Å². The molecule has 1 aromatic heterocycles. The molecular formula is C14H17ClN4. The first-order chi connectivity index (χ1) is 9.28. The van der Waals surface area contributed by atoms with Crippen LogP contribution in [0.2, 0.25) is 5.02 Å². The van der Waals surface area contributed by atoms with Gasteiger partial charge in [-0.1, -0.05) is 17.7 Å². The summed E-state index contributed by atoms with van der Waals surface area (Å²) in [6.07, 6.45) is 4.71. The minimum atomic E-state index is 0.625. The van der Waals surface area contributed by atoms with Crippen LogP contribution in [-0.2, 0) is 19.5 Å². The molecule has 100 valence electrons. The van der Waals surface area contributed by atoms with Gasteiger partial charge in [0.05, 0.1) is 6.54 Å². The summed E-state index contributed by atoms with van der Waals surface area (Å²) in [5.41, 5.74) is 7.84. The number of rotatable bonds is 3. The molecule has 0 atom stereocenters. The number of aromatic nitrogens is 2. The Balaban J connectivity index is 1.82. The SMILES string of the molecule is NCCc1ccc(N2CCn3ccnc3C2)cc1Cl. The van der Waals surface area contributed by atoms with E-state index in [0.29, 0.717) is 6.54 Å². The highest BCUT2D eigenvalue weighted by molar-refractivity contribution is 6.31. The van der Waals surface area contributed by atoms with Crippen LogP contribution in [0.3, 0.4) is 0 Å². The summed E-state index contributed by atoms with van der Waals surface area (Å²) in [5.74, 6) is 1.11. The van der Waals surface area contributed by atoms with Gasteiger partial charge in [-0.3, -0.25) is 0 Å². The van der Waals surface area contributed by atoms with Gasteiger partial charge in [0.15, 0.2) is 0 Å². The molecule has 0 fully saturated rings. The van der Waals surface area contributed by atoms with E-state index in [1.165, 1.54) is 0 Å². The third-order valence-electron chi connectivity index (χ3n) is 3.56. The molecule has 0 amide bonds. The Labute approximate surface area is 117 Å². The largest absolute Gasteiger partial charge is 0.362 e. The maximum atomic E-state index is 6.30. The lowest BCUT2D eigenvalue weighted by Crippen LogP contribution is -2.33. The van der Waals surface area contributed by atoms with Gasteiger partial charge < -0.3 is 15.2 Å². The summed E-state index contributed by atoms with van der Waals surface area (Å²) < 4.78 is 2.20. The summed E-state index contributed by atoms with van der Waals surface area (Å²) >= 11 is 6.30. The van der Waals surface area contributed by atoms with Crippen LogP contribution in [0.4, 0.5) is 5.69 Å². The molecular weight excluding hydrogens is 260 g/mol. The fourth-order valence-electron chi connectivity index (χ4n) is 2.49. The number of halogens is 1. The van der Waals surface area contributed by atoms with Crippen LogP contribution in [0.15, 0.2) is 30.6 Å². The first-order valence-electron chi connectivity index (χ1n) is 6.51. The van der Waals surface area contributed by atoms with Crippen molar-refractivity contribution in [2.75, 3.05) is 18.0 Å². The first kappa shape index (κ1) is 12.5. The van der Waals surface area contributed by atoms with Crippen molar-refractivity contribution >= 4 is 17.3 Å². The van der Waals surface area contributed by atoms with Crippen LogP contribution in [0.25, 0.3) is 0 Å². The minimum Gasteiger partial charge on any atom is -0.362 e. The molecule has 0 saturated heterocycles. The van der Waals surface area contributed by atoms with Gasteiger partial charge in [0.1, 0.15) is 5.82 Å². The molecule has 5 heteroatoms. The summed E-state index contributed by atoms with van der Waals surface area (Å²) in [6.45, 7) is 3.41. The monoisotopic (exact) mass is 276 g/mol. The molecule has 0 radical (unpaired) electrons. The van der Waals surface area contributed by atoms with E-state index in [1.807, 2.05) is 18.5 Å². The fraction of sp³-hybridized carbons (Fsp3) is 0.357. The van der Waals surface area contributed by atoms with Crippen molar-refractivity contribution in [2.45, 2.75) is 19.5 Å². The number of fused-ring (bicyclic) bond motifs is 1. The van der Waals surface area contributed by atoms with Gasteiger partial charge in [0.2, 0.25) is 0 Å². The molecule has 0 unspecified atom stereocenters. The van der Waals surface area contributed by atoms with Crippen molar-refractivity contribution in [1.82, 2.24) is 9.55 Å². The second-order valence-corrected chi connectivity index (χ2v) is 5.18.